The summed E-state index contributed by atoms with van der Waals surface area (Å²) in [6.45, 7) is 2.82. The van der Waals surface area contributed by atoms with Gasteiger partial charge in [-0.3, -0.25) is 19.3 Å². The summed E-state index contributed by atoms with van der Waals surface area (Å²) in [5.41, 5.74) is 2.34. The molecule has 1 aromatic rings. The third-order valence-electron chi connectivity index (χ3n) is 5.42. The van der Waals surface area contributed by atoms with Crippen LogP contribution in [0.5, 0.6) is 0 Å². The average Bonchev–Trinajstić information content (AvgIpc) is 2.91. The van der Waals surface area contributed by atoms with Gasteiger partial charge in [0, 0.05) is 26.6 Å². The van der Waals surface area contributed by atoms with E-state index in [1.54, 1.807) is 11.9 Å². The lowest BCUT2D eigenvalue weighted by Crippen LogP contribution is -2.36. The largest absolute Gasteiger partial charge is 0.341 e. The van der Waals surface area contributed by atoms with Gasteiger partial charge in [-0.05, 0) is 30.4 Å². The smallest absolute Gasteiger partial charge is 0.233 e. The first-order valence-corrected chi connectivity index (χ1v) is 9.33. The molecule has 26 heavy (non-hydrogen) atoms. The summed E-state index contributed by atoms with van der Waals surface area (Å²) in [6.07, 6.45) is 6.37. The van der Waals surface area contributed by atoms with Gasteiger partial charge in [0.15, 0.2) is 0 Å². The molecule has 0 spiro atoms. The summed E-state index contributed by atoms with van der Waals surface area (Å²) in [4.78, 5) is 40.2. The topological polar surface area (TPSA) is 57.7 Å². The van der Waals surface area contributed by atoms with Crippen molar-refractivity contribution in [3.63, 3.8) is 0 Å². The quantitative estimate of drug-likeness (QED) is 0.583. The second kappa shape index (κ2) is 7.85. The molecule has 5 heteroatoms. The number of nitrogens with zero attached hydrogens (tertiary/aromatic N) is 2. The maximum Gasteiger partial charge on any atom is 0.233 e. The highest BCUT2D eigenvalue weighted by Crippen LogP contribution is 2.35. The van der Waals surface area contributed by atoms with E-state index in [1.165, 1.54) is 10.5 Å². The van der Waals surface area contributed by atoms with E-state index in [4.69, 9.17) is 0 Å². The summed E-state index contributed by atoms with van der Waals surface area (Å²) in [7, 11) is 1.76. The maximum absolute atomic E-state index is 12.4. The number of rotatable bonds is 6. The molecular formula is C21H26N2O3. The molecule has 0 radical (unpaired) electrons. The van der Waals surface area contributed by atoms with E-state index in [0.717, 1.165) is 12.0 Å². The van der Waals surface area contributed by atoms with Crippen LogP contribution in [0, 0.1) is 11.8 Å². The Bertz CT molecular complexity index is 697. The standard InChI is InChI=1S/C21H26N2O3/c1-3-15-8-10-16(11-9-15)14-22(2)19(24)12-13-23-20(25)17-6-4-5-7-18(17)21(23)26/h4-5,8-11,17-18H,3,6-7,12-14H2,1-2H3/t17-,18-/m1/s1. The van der Waals surface area contributed by atoms with E-state index in [1.807, 2.05) is 24.3 Å². The number of imide groups is 1. The lowest BCUT2D eigenvalue weighted by molar-refractivity contribution is -0.140. The van der Waals surface area contributed by atoms with Gasteiger partial charge in [0.1, 0.15) is 0 Å². The lowest BCUT2D eigenvalue weighted by Gasteiger charge is -2.20. The van der Waals surface area contributed by atoms with Crippen molar-refractivity contribution in [2.24, 2.45) is 11.8 Å². The van der Waals surface area contributed by atoms with Gasteiger partial charge < -0.3 is 4.90 Å². The van der Waals surface area contributed by atoms with Crippen LogP contribution >= 0.6 is 0 Å². The first-order chi connectivity index (χ1) is 12.5. The van der Waals surface area contributed by atoms with E-state index < -0.39 is 0 Å². The highest BCUT2D eigenvalue weighted by atomic mass is 16.2. The molecule has 1 saturated heterocycles. The summed E-state index contributed by atoms with van der Waals surface area (Å²) < 4.78 is 0. The van der Waals surface area contributed by atoms with Gasteiger partial charge in [-0.2, -0.15) is 0 Å². The summed E-state index contributed by atoms with van der Waals surface area (Å²) >= 11 is 0. The van der Waals surface area contributed by atoms with Crippen molar-refractivity contribution in [2.75, 3.05) is 13.6 Å². The Kier molecular flexibility index (Phi) is 5.55. The van der Waals surface area contributed by atoms with Crippen LogP contribution in [0.3, 0.4) is 0 Å². The first-order valence-electron chi connectivity index (χ1n) is 9.33. The predicted molar refractivity (Wildman–Crippen MR) is 99.0 cm³/mol. The second-order valence-corrected chi connectivity index (χ2v) is 7.15. The Morgan fingerprint density at radius 1 is 1.04 bits per heavy atom. The van der Waals surface area contributed by atoms with Crippen LogP contribution in [0.2, 0.25) is 0 Å². The third kappa shape index (κ3) is 3.71. The molecule has 1 aromatic carbocycles. The molecule has 0 unspecified atom stereocenters. The van der Waals surface area contributed by atoms with Crippen LogP contribution in [0.4, 0.5) is 0 Å². The highest BCUT2D eigenvalue weighted by molar-refractivity contribution is 6.05. The molecule has 0 bridgehead atoms. The van der Waals surface area contributed by atoms with Gasteiger partial charge in [-0.25, -0.2) is 0 Å². The van der Waals surface area contributed by atoms with Gasteiger partial charge in [-0.1, -0.05) is 43.3 Å². The number of hydrogen-bond acceptors (Lipinski definition) is 3. The van der Waals surface area contributed by atoms with E-state index in [0.29, 0.717) is 19.4 Å². The van der Waals surface area contributed by atoms with Gasteiger partial charge in [0.05, 0.1) is 11.8 Å². The molecule has 1 fully saturated rings. The molecule has 2 atom stereocenters. The van der Waals surface area contributed by atoms with Crippen molar-refractivity contribution in [1.29, 1.82) is 0 Å². The third-order valence-corrected chi connectivity index (χ3v) is 5.42. The minimum Gasteiger partial charge on any atom is -0.341 e. The molecule has 0 N–H and O–H groups in total. The Balaban J connectivity index is 1.53. The fourth-order valence-electron chi connectivity index (χ4n) is 3.73. The molecule has 0 aromatic heterocycles. The number of amides is 3. The number of benzene rings is 1. The lowest BCUT2D eigenvalue weighted by atomic mass is 9.85. The summed E-state index contributed by atoms with van der Waals surface area (Å²) in [6, 6.07) is 8.22. The Hall–Kier alpha value is -2.43. The number of fused-ring (bicyclic) bond motifs is 1. The van der Waals surface area contributed by atoms with Gasteiger partial charge in [0.25, 0.3) is 0 Å². The van der Waals surface area contributed by atoms with E-state index >= 15 is 0 Å². The normalized spacial score (nSPS) is 21.8. The van der Waals surface area contributed by atoms with E-state index in [-0.39, 0.29) is 42.5 Å². The fourth-order valence-corrected chi connectivity index (χ4v) is 3.73. The molecule has 5 nitrogen and oxygen atoms in total. The number of likely N-dealkylation sites (tertiary alicyclic amines) is 1. The van der Waals surface area contributed by atoms with Crippen molar-refractivity contribution < 1.29 is 14.4 Å². The first kappa shape index (κ1) is 18.4. The second-order valence-electron chi connectivity index (χ2n) is 7.15. The number of hydrogen-bond donors (Lipinski definition) is 0. The van der Waals surface area contributed by atoms with Crippen molar-refractivity contribution in [3.05, 3.63) is 47.5 Å². The molecular weight excluding hydrogens is 328 g/mol. The SMILES string of the molecule is CCc1ccc(CN(C)C(=O)CCN2C(=O)[C@@H]3CC=CC[C@H]3C2=O)cc1. The Morgan fingerprint density at radius 2 is 1.58 bits per heavy atom. The molecule has 0 saturated carbocycles. The Morgan fingerprint density at radius 3 is 2.12 bits per heavy atom. The minimum atomic E-state index is -0.225. The molecule has 1 aliphatic heterocycles. The Labute approximate surface area is 154 Å². The van der Waals surface area contributed by atoms with Crippen molar-refractivity contribution >= 4 is 17.7 Å². The average molecular weight is 354 g/mol. The van der Waals surface area contributed by atoms with Crippen LogP contribution < -0.4 is 0 Å². The summed E-state index contributed by atoms with van der Waals surface area (Å²) in [5, 5.41) is 0. The number of allylic oxidation sites excluding steroid dienone is 2. The monoisotopic (exact) mass is 354 g/mol. The van der Waals surface area contributed by atoms with Crippen LogP contribution in [0.15, 0.2) is 36.4 Å². The van der Waals surface area contributed by atoms with Crippen LogP contribution in [0.25, 0.3) is 0 Å². The molecule has 1 aliphatic carbocycles. The molecule has 138 valence electrons. The van der Waals surface area contributed by atoms with Gasteiger partial charge >= 0.3 is 0 Å². The van der Waals surface area contributed by atoms with Gasteiger partial charge in [0.2, 0.25) is 17.7 Å². The maximum atomic E-state index is 12.4. The zero-order chi connectivity index (χ0) is 18.7. The zero-order valence-electron chi connectivity index (χ0n) is 15.5. The van der Waals surface area contributed by atoms with Crippen LogP contribution in [-0.2, 0) is 27.3 Å². The number of aryl methyl sites for hydroxylation is 1. The van der Waals surface area contributed by atoms with Crippen LogP contribution in [0.1, 0.15) is 37.3 Å². The van der Waals surface area contributed by atoms with E-state index in [2.05, 4.69) is 19.1 Å². The molecule has 1 heterocycles. The van der Waals surface area contributed by atoms with Gasteiger partial charge in [-0.15, -0.1) is 0 Å². The van der Waals surface area contributed by atoms with Crippen molar-refractivity contribution in [3.8, 4) is 0 Å². The highest BCUT2D eigenvalue weighted by Gasteiger charge is 2.46. The minimum absolute atomic E-state index is 0.0573. The molecule has 3 rings (SSSR count). The fraction of sp³-hybridized carbons (Fsp3) is 0.476. The zero-order valence-corrected chi connectivity index (χ0v) is 15.5. The number of carbonyl (C=O) groups is 3. The number of carbonyl (C=O) groups excluding carboxylic acids is 3. The molecule has 2 aliphatic rings. The predicted octanol–water partition coefficient (Wildman–Crippen LogP) is 2.55. The van der Waals surface area contributed by atoms with Crippen molar-refractivity contribution in [1.82, 2.24) is 9.80 Å². The summed E-state index contributed by atoms with van der Waals surface area (Å²) in [5.74, 6) is -0.738. The molecule has 3 amide bonds. The van der Waals surface area contributed by atoms with Crippen molar-refractivity contribution in [2.45, 2.75) is 39.2 Å². The van der Waals surface area contributed by atoms with Crippen LogP contribution in [-0.4, -0.2) is 41.1 Å². The van der Waals surface area contributed by atoms with E-state index in [9.17, 15) is 14.4 Å².